The van der Waals surface area contributed by atoms with Gasteiger partial charge in [0, 0.05) is 58.5 Å². The van der Waals surface area contributed by atoms with Gasteiger partial charge in [0.05, 0.1) is 24.0 Å². The molecule has 1 saturated carbocycles. The molecule has 1 saturated heterocycles. The third kappa shape index (κ3) is 4.08. The molecule has 0 spiro atoms. The van der Waals surface area contributed by atoms with Gasteiger partial charge in [-0.25, -0.2) is 9.37 Å². The molecule has 3 aromatic heterocycles. The zero-order valence-electron chi connectivity index (χ0n) is 20.4. The third-order valence-corrected chi connectivity index (χ3v) is 7.37. The number of hydrogen-bond donors (Lipinski definition) is 0. The van der Waals surface area contributed by atoms with E-state index in [4.69, 9.17) is 16.3 Å². The smallest absolute Gasteiger partial charge is 0.261 e. The molecule has 1 aliphatic heterocycles. The lowest BCUT2D eigenvalue weighted by atomic mass is 10.0. The Balaban J connectivity index is 1.47. The van der Waals surface area contributed by atoms with Gasteiger partial charge in [-0.05, 0) is 57.9 Å². The molecule has 36 heavy (non-hydrogen) atoms. The second-order valence-electron chi connectivity index (χ2n) is 9.88. The fraction of sp³-hybridized carbons (Fsp3) is 0.370. The molecule has 7 nitrogen and oxygen atoms in total. The SMILES string of the molecule is Cc1nc2c(-c3ccc(Cl)cc3F)cc(N3C[C@@H](c4cnn(C5CC5)c4)O[C@@H](C)C3)cn2c(=O)c1C. The Morgan fingerprint density at radius 1 is 1.11 bits per heavy atom. The fourth-order valence-corrected chi connectivity index (χ4v) is 5.06. The van der Waals surface area contributed by atoms with Crippen LogP contribution in [0.5, 0.6) is 0 Å². The Morgan fingerprint density at radius 3 is 2.67 bits per heavy atom. The molecule has 0 bridgehead atoms. The van der Waals surface area contributed by atoms with Crippen LogP contribution in [0.1, 0.15) is 48.7 Å². The normalized spacial score (nSPS) is 20.3. The minimum atomic E-state index is -0.463. The maximum absolute atomic E-state index is 15.1. The van der Waals surface area contributed by atoms with Crippen molar-refractivity contribution >= 4 is 22.9 Å². The van der Waals surface area contributed by atoms with Crippen molar-refractivity contribution in [1.82, 2.24) is 19.2 Å². The number of hydrogen-bond acceptors (Lipinski definition) is 5. The largest absolute Gasteiger partial charge is 0.367 e. The van der Waals surface area contributed by atoms with E-state index in [2.05, 4.69) is 21.2 Å². The van der Waals surface area contributed by atoms with Crippen molar-refractivity contribution in [3.8, 4) is 11.1 Å². The van der Waals surface area contributed by atoms with Gasteiger partial charge in [0.1, 0.15) is 17.6 Å². The Labute approximate surface area is 213 Å². The molecule has 0 unspecified atom stereocenters. The molecule has 1 aliphatic carbocycles. The molecule has 2 atom stereocenters. The number of fused-ring (bicyclic) bond motifs is 1. The summed E-state index contributed by atoms with van der Waals surface area (Å²) in [6, 6.07) is 6.97. The molecular weight excluding hydrogens is 481 g/mol. The molecule has 4 heterocycles. The predicted molar refractivity (Wildman–Crippen MR) is 137 cm³/mol. The first kappa shape index (κ1) is 23.2. The van der Waals surface area contributed by atoms with E-state index in [0.29, 0.717) is 52.2 Å². The molecule has 2 fully saturated rings. The van der Waals surface area contributed by atoms with E-state index in [-0.39, 0.29) is 17.8 Å². The van der Waals surface area contributed by atoms with E-state index >= 15 is 4.39 Å². The Hall–Kier alpha value is -3.23. The first-order chi connectivity index (χ1) is 17.3. The van der Waals surface area contributed by atoms with Crippen LogP contribution in [0.2, 0.25) is 5.02 Å². The van der Waals surface area contributed by atoms with Gasteiger partial charge in [0.25, 0.3) is 5.56 Å². The number of aromatic nitrogens is 4. The number of anilines is 1. The number of aryl methyl sites for hydroxylation is 1. The van der Waals surface area contributed by atoms with E-state index in [9.17, 15) is 4.79 Å². The summed E-state index contributed by atoms with van der Waals surface area (Å²) in [7, 11) is 0. The second kappa shape index (κ2) is 8.71. The summed E-state index contributed by atoms with van der Waals surface area (Å²) in [6.07, 6.45) is 7.88. The zero-order chi connectivity index (χ0) is 25.1. The monoisotopic (exact) mass is 507 g/mol. The van der Waals surface area contributed by atoms with E-state index in [1.54, 1.807) is 32.2 Å². The third-order valence-electron chi connectivity index (χ3n) is 7.14. The van der Waals surface area contributed by atoms with Crippen molar-refractivity contribution in [2.45, 2.75) is 51.9 Å². The molecule has 2 aliphatic rings. The van der Waals surface area contributed by atoms with E-state index in [1.165, 1.54) is 10.5 Å². The second-order valence-corrected chi connectivity index (χ2v) is 10.3. The van der Waals surface area contributed by atoms with Crippen LogP contribution in [0.3, 0.4) is 0 Å². The number of rotatable bonds is 4. The molecule has 4 aromatic rings. The van der Waals surface area contributed by atoms with Crippen molar-refractivity contribution in [2.24, 2.45) is 0 Å². The Kier molecular flexibility index (Phi) is 5.61. The lowest BCUT2D eigenvalue weighted by Gasteiger charge is -2.38. The molecule has 6 rings (SSSR count). The number of benzene rings is 1. The van der Waals surface area contributed by atoms with Crippen molar-refractivity contribution in [3.05, 3.63) is 80.9 Å². The van der Waals surface area contributed by atoms with Crippen LogP contribution in [-0.4, -0.2) is 38.4 Å². The van der Waals surface area contributed by atoms with Gasteiger partial charge in [0.15, 0.2) is 0 Å². The minimum Gasteiger partial charge on any atom is -0.367 e. The summed E-state index contributed by atoms with van der Waals surface area (Å²) in [5, 5.41) is 4.84. The molecule has 9 heteroatoms. The highest BCUT2D eigenvalue weighted by Gasteiger charge is 2.31. The van der Waals surface area contributed by atoms with Crippen LogP contribution in [0.4, 0.5) is 10.1 Å². The van der Waals surface area contributed by atoms with Crippen LogP contribution in [0, 0.1) is 19.7 Å². The lowest BCUT2D eigenvalue weighted by Crippen LogP contribution is -2.43. The Bertz CT molecular complexity index is 1540. The van der Waals surface area contributed by atoms with Gasteiger partial charge in [-0.3, -0.25) is 13.9 Å². The number of pyridine rings is 1. The van der Waals surface area contributed by atoms with Gasteiger partial charge in [-0.15, -0.1) is 0 Å². The summed E-state index contributed by atoms with van der Waals surface area (Å²) >= 11 is 6.02. The summed E-state index contributed by atoms with van der Waals surface area (Å²) in [4.78, 5) is 20.1. The van der Waals surface area contributed by atoms with Crippen LogP contribution < -0.4 is 10.5 Å². The van der Waals surface area contributed by atoms with E-state index in [1.807, 2.05) is 23.9 Å². The van der Waals surface area contributed by atoms with Crippen molar-refractivity contribution in [3.63, 3.8) is 0 Å². The molecule has 0 radical (unpaired) electrons. The van der Waals surface area contributed by atoms with Crippen LogP contribution in [0.15, 0.2) is 47.7 Å². The highest BCUT2D eigenvalue weighted by Crippen LogP contribution is 2.37. The van der Waals surface area contributed by atoms with Crippen molar-refractivity contribution in [1.29, 1.82) is 0 Å². The molecular formula is C27H27ClFN5O2. The lowest BCUT2D eigenvalue weighted by molar-refractivity contribution is -0.0174. The first-order valence-corrected chi connectivity index (χ1v) is 12.6. The summed E-state index contributed by atoms with van der Waals surface area (Å²) in [5.74, 6) is -0.463. The zero-order valence-corrected chi connectivity index (χ0v) is 21.2. The minimum absolute atomic E-state index is 0.0472. The van der Waals surface area contributed by atoms with Gasteiger partial charge >= 0.3 is 0 Å². The van der Waals surface area contributed by atoms with Gasteiger partial charge in [-0.1, -0.05) is 11.6 Å². The van der Waals surface area contributed by atoms with Gasteiger partial charge in [0.2, 0.25) is 0 Å². The molecule has 186 valence electrons. The average molecular weight is 508 g/mol. The fourth-order valence-electron chi connectivity index (χ4n) is 4.90. The van der Waals surface area contributed by atoms with Crippen molar-refractivity contribution in [2.75, 3.05) is 18.0 Å². The van der Waals surface area contributed by atoms with Crippen molar-refractivity contribution < 1.29 is 9.13 Å². The van der Waals surface area contributed by atoms with E-state index in [0.717, 1.165) is 24.1 Å². The summed E-state index contributed by atoms with van der Waals surface area (Å²) < 4.78 is 24.9. The quantitative estimate of drug-likeness (QED) is 0.376. The predicted octanol–water partition coefficient (Wildman–Crippen LogP) is 5.27. The highest BCUT2D eigenvalue weighted by atomic mass is 35.5. The average Bonchev–Trinajstić information content (AvgIpc) is 3.58. The maximum Gasteiger partial charge on any atom is 0.261 e. The van der Waals surface area contributed by atoms with Crippen LogP contribution >= 0.6 is 11.6 Å². The van der Waals surface area contributed by atoms with Gasteiger partial charge in [-0.2, -0.15) is 5.10 Å². The van der Waals surface area contributed by atoms with Crippen LogP contribution in [-0.2, 0) is 4.74 Å². The van der Waals surface area contributed by atoms with Gasteiger partial charge < -0.3 is 9.64 Å². The first-order valence-electron chi connectivity index (χ1n) is 12.2. The molecule has 1 aromatic carbocycles. The summed E-state index contributed by atoms with van der Waals surface area (Å²) in [6.45, 7) is 6.81. The highest BCUT2D eigenvalue weighted by molar-refractivity contribution is 6.30. The topological polar surface area (TPSA) is 64.7 Å². The maximum atomic E-state index is 15.1. The van der Waals surface area contributed by atoms with E-state index < -0.39 is 5.82 Å². The number of ether oxygens (including phenoxy) is 1. The molecule has 0 amide bonds. The number of halogens is 2. The van der Waals surface area contributed by atoms with Crippen LogP contribution in [0.25, 0.3) is 16.8 Å². The Morgan fingerprint density at radius 2 is 1.92 bits per heavy atom. The standard InChI is InChI=1S/C27H27ClFN5O2/c1-15-11-32(14-25(36-15)18-10-30-34(12-18)20-5-6-20)21-9-23(22-7-4-19(28)8-24(22)29)26-31-17(3)16(2)27(35)33(26)13-21/h4,7-10,12-13,15,20,25H,5-6,11,14H2,1-3H3/t15-,25-/m0/s1. The summed E-state index contributed by atoms with van der Waals surface area (Å²) in [5.41, 5.74) is 4.15. The molecule has 0 N–H and O–H groups in total. The number of nitrogens with zero attached hydrogens (tertiary/aromatic N) is 5. The number of morpholine rings is 1.